The molecule has 0 saturated carbocycles. The van der Waals surface area contributed by atoms with Crippen LogP contribution in [0, 0.1) is 0 Å². The Morgan fingerprint density at radius 3 is 2.82 bits per heavy atom. The number of guanidine groups is 1. The molecule has 0 saturated heterocycles. The molecule has 1 atom stereocenters. The maximum atomic E-state index is 11.0. The standard InChI is InChI=1S/C11H23N3O3/c1-4-17-10(15)6-5-7-13-11(12)14-9(2)8-16-3/h9H,4-8H2,1-3H3,(H3,12,13,14). The van der Waals surface area contributed by atoms with Gasteiger partial charge in [0.2, 0.25) is 0 Å². The first-order valence-electron chi connectivity index (χ1n) is 5.81. The number of nitrogens with two attached hydrogens (primary N) is 1. The molecule has 100 valence electrons. The first kappa shape index (κ1) is 15.7. The number of hydrogen-bond acceptors (Lipinski definition) is 4. The Bertz CT molecular complexity index is 244. The van der Waals surface area contributed by atoms with E-state index in [2.05, 4.69) is 10.3 Å². The van der Waals surface area contributed by atoms with Crippen LogP contribution in [0.2, 0.25) is 0 Å². The lowest BCUT2D eigenvalue weighted by Gasteiger charge is -2.12. The zero-order valence-corrected chi connectivity index (χ0v) is 10.9. The van der Waals surface area contributed by atoms with Gasteiger partial charge in [-0.2, -0.15) is 0 Å². The summed E-state index contributed by atoms with van der Waals surface area (Å²) in [5, 5.41) is 2.98. The van der Waals surface area contributed by atoms with Crippen molar-refractivity contribution in [3.05, 3.63) is 0 Å². The average molecular weight is 245 g/mol. The Hall–Kier alpha value is -1.30. The molecule has 0 aromatic rings. The number of aliphatic imine (C=N–C) groups is 1. The number of hydrogen-bond donors (Lipinski definition) is 2. The van der Waals surface area contributed by atoms with Crippen LogP contribution in [0.25, 0.3) is 0 Å². The molecule has 0 radical (unpaired) electrons. The predicted molar refractivity (Wildman–Crippen MR) is 66.8 cm³/mol. The largest absolute Gasteiger partial charge is 0.466 e. The van der Waals surface area contributed by atoms with Crippen molar-refractivity contribution in [3.63, 3.8) is 0 Å². The fraction of sp³-hybridized carbons (Fsp3) is 0.818. The van der Waals surface area contributed by atoms with Gasteiger partial charge in [-0.05, 0) is 20.3 Å². The van der Waals surface area contributed by atoms with Gasteiger partial charge in [0.15, 0.2) is 5.96 Å². The van der Waals surface area contributed by atoms with Crippen LogP contribution in [-0.4, -0.2) is 44.8 Å². The van der Waals surface area contributed by atoms with Gasteiger partial charge in [0.05, 0.1) is 13.2 Å². The van der Waals surface area contributed by atoms with Crippen molar-refractivity contribution < 1.29 is 14.3 Å². The summed E-state index contributed by atoms with van der Waals surface area (Å²) in [4.78, 5) is 15.1. The van der Waals surface area contributed by atoms with Gasteiger partial charge in [0, 0.05) is 26.1 Å². The van der Waals surface area contributed by atoms with Crippen LogP contribution in [0.3, 0.4) is 0 Å². The molecule has 17 heavy (non-hydrogen) atoms. The highest BCUT2D eigenvalue weighted by Gasteiger charge is 2.02. The molecule has 6 nitrogen and oxygen atoms in total. The molecule has 0 aliphatic heterocycles. The van der Waals surface area contributed by atoms with Crippen LogP contribution >= 0.6 is 0 Å². The Kier molecular flexibility index (Phi) is 9.14. The van der Waals surface area contributed by atoms with Crippen molar-refractivity contribution in [2.24, 2.45) is 10.7 Å². The van der Waals surface area contributed by atoms with Gasteiger partial charge < -0.3 is 20.5 Å². The highest BCUT2D eigenvalue weighted by molar-refractivity contribution is 5.78. The minimum atomic E-state index is -0.193. The van der Waals surface area contributed by atoms with Gasteiger partial charge in [-0.1, -0.05) is 0 Å². The topological polar surface area (TPSA) is 85.9 Å². The summed E-state index contributed by atoms with van der Waals surface area (Å²) in [5.41, 5.74) is 5.65. The molecule has 3 N–H and O–H groups in total. The normalized spacial score (nSPS) is 13.2. The van der Waals surface area contributed by atoms with E-state index < -0.39 is 0 Å². The highest BCUT2D eigenvalue weighted by atomic mass is 16.5. The molecular formula is C11H23N3O3. The molecule has 0 aliphatic carbocycles. The molecule has 0 aromatic carbocycles. The number of carbonyl (C=O) groups is 1. The van der Waals surface area contributed by atoms with Crippen molar-refractivity contribution in [2.45, 2.75) is 32.7 Å². The van der Waals surface area contributed by atoms with Crippen LogP contribution in [0.15, 0.2) is 4.99 Å². The molecule has 6 heteroatoms. The third-order valence-corrected chi connectivity index (χ3v) is 1.94. The summed E-state index contributed by atoms with van der Waals surface area (Å²) in [6, 6.07) is 0.119. The SMILES string of the molecule is CCOC(=O)CCCN=C(N)NC(C)COC. The van der Waals surface area contributed by atoms with Crippen LogP contribution in [0.1, 0.15) is 26.7 Å². The molecular weight excluding hydrogens is 222 g/mol. The van der Waals surface area contributed by atoms with E-state index in [1.165, 1.54) is 0 Å². The maximum absolute atomic E-state index is 11.0. The maximum Gasteiger partial charge on any atom is 0.305 e. The zero-order chi connectivity index (χ0) is 13.1. The molecule has 0 rings (SSSR count). The van der Waals surface area contributed by atoms with Crippen molar-refractivity contribution in [1.82, 2.24) is 5.32 Å². The van der Waals surface area contributed by atoms with Gasteiger partial charge in [-0.15, -0.1) is 0 Å². The summed E-state index contributed by atoms with van der Waals surface area (Å²) in [7, 11) is 1.63. The van der Waals surface area contributed by atoms with E-state index in [9.17, 15) is 4.79 Å². The first-order valence-corrected chi connectivity index (χ1v) is 5.81. The molecule has 0 aromatic heterocycles. The number of carbonyl (C=O) groups excluding carboxylic acids is 1. The number of nitrogens with one attached hydrogen (secondary N) is 1. The van der Waals surface area contributed by atoms with E-state index >= 15 is 0 Å². The summed E-state index contributed by atoms with van der Waals surface area (Å²) in [5.74, 6) is 0.181. The van der Waals surface area contributed by atoms with Crippen LogP contribution in [-0.2, 0) is 14.3 Å². The lowest BCUT2D eigenvalue weighted by molar-refractivity contribution is -0.143. The molecule has 0 fully saturated rings. The van der Waals surface area contributed by atoms with Crippen LogP contribution in [0.4, 0.5) is 0 Å². The van der Waals surface area contributed by atoms with E-state index in [1.807, 2.05) is 6.92 Å². The van der Waals surface area contributed by atoms with Crippen LogP contribution in [0.5, 0.6) is 0 Å². The second-order valence-electron chi connectivity index (χ2n) is 3.68. The summed E-state index contributed by atoms with van der Waals surface area (Å²) < 4.78 is 9.75. The number of esters is 1. The van der Waals surface area contributed by atoms with E-state index in [1.54, 1.807) is 14.0 Å². The lowest BCUT2D eigenvalue weighted by Crippen LogP contribution is -2.40. The number of rotatable bonds is 8. The third kappa shape index (κ3) is 9.62. The zero-order valence-electron chi connectivity index (χ0n) is 10.9. The summed E-state index contributed by atoms with van der Waals surface area (Å²) in [6.45, 7) is 5.23. The van der Waals surface area contributed by atoms with E-state index in [-0.39, 0.29) is 12.0 Å². The van der Waals surface area contributed by atoms with E-state index in [4.69, 9.17) is 15.2 Å². The van der Waals surface area contributed by atoms with Gasteiger partial charge in [0.25, 0.3) is 0 Å². The molecule has 0 bridgehead atoms. The minimum Gasteiger partial charge on any atom is -0.466 e. The van der Waals surface area contributed by atoms with Gasteiger partial charge >= 0.3 is 5.97 Å². The molecule has 0 amide bonds. The number of nitrogens with zero attached hydrogens (tertiary/aromatic N) is 1. The monoisotopic (exact) mass is 245 g/mol. The molecule has 0 aliphatic rings. The van der Waals surface area contributed by atoms with Crippen molar-refractivity contribution in [1.29, 1.82) is 0 Å². The summed E-state index contributed by atoms with van der Waals surface area (Å²) in [6.07, 6.45) is 1.01. The Balaban J connectivity index is 3.66. The average Bonchev–Trinajstić information content (AvgIpc) is 2.25. The van der Waals surface area contributed by atoms with Crippen molar-refractivity contribution in [2.75, 3.05) is 26.9 Å². The van der Waals surface area contributed by atoms with Gasteiger partial charge in [-0.3, -0.25) is 9.79 Å². The smallest absolute Gasteiger partial charge is 0.305 e. The molecule has 0 heterocycles. The van der Waals surface area contributed by atoms with Crippen molar-refractivity contribution >= 4 is 11.9 Å². The van der Waals surface area contributed by atoms with Crippen molar-refractivity contribution in [3.8, 4) is 0 Å². The second kappa shape index (κ2) is 9.89. The van der Waals surface area contributed by atoms with Gasteiger partial charge in [0.1, 0.15) is 0 Å². The lowest BCUT2D eigenvalue weighted by atomic mass is 10.3. The number of ether oxygens (including phenoxy) is 2. The fourth-order valence-corrected chi connectivity index (χ4v) is 1.25. The van der Waals surface area contributed by atoms with Gasteiger partial charge in [-0.25, -0.2) is 0 Å². The molecule has 1 unspecified atom stereocenters. The molecule has 0 spiro atoms. The Morgan fingerprint density at radius 2 is 2.24 bits per heavy atom. The minimum absolute atomic E-state index is 0.119. The van der Waals surface area contributed by atoms with E-state index in [0.717, 1.165) is 0 Å². The fourth-order valence-electron chi connectivity index (χ4n) is 1.25. The first-order chi connectivity index (χ1) is 8.10. The van der Waals surface area contributed by atoms with E-state index in [0.29, 0.717) is 38.6 Å². The summed E-state index contributed by atoms with van der Waals surface area (Å²) >= 11 is 0. The predicted octanol–water partition coefficient (Wildman–Crippen LogP) is 0.269. The second-order valence-corrected chi connectivity index (χ2v) is 3.68. The van der Waals surface area contributed by atoms with Crippen LogP contribution < -0.4 is 11.1 Å². The Labute approximate surface area is 103 Å². The highest BCUT2D eigenvalue weighted by Crippen LogP contribution is 1.93. The third-order valence-electron chi connectivity index (χ3n) is 1.94. The number of methoxy groups -OCH3 is 1. The Morgan fingerprint density at radius 1 is 1.53 bits per heavy atom. The quantitative estimate of drug-likeness (QED) is 0.277.